The highest BCUT2D eigenvalue weighted by atomic mass is 32.2. The molecule has 1 amide bonds. The monoisotopic (exact) mass is 501 g/mol. The fourth-order valence-corrected chi connectivity index (χ4v) is 4.88. The van der Waals surface area contributed by atoms with E-state index in [0.717, 1.165) is 5.56 Å². The van der Waals surface area contributed by atoms with Crippen molar-refractivity contribution in [3.8, 4) is 5.75 Å². The third-order valence-electron chi connectivity index (χ3n) is 5.83. The number of nitrogens with one attached hydrogen (secondary N) is 2. The highest BCUT2D eigenvalue weighted by molar-refractivity contribution is 7.98. The Labute approximate surface area is 212 Å². The molecule has 2 heterocycles. The Hall–Kier alpha value is -4.11. The maximum atomic E-state index is 13.8. The molecule has 0 saturated heterocycles. The predicted molar refractivity (Wildman–Crippen MR) is 139 cm³/mol. The number of amides is 1. The van der Waals surface area contributed by atoms with Gasteiger partial charge in [0.1, 0.15) is 17.6 Å². The lowest BCUT2D eigenvalue weighted by Crippen LogP contribution is -2.31. The van der Waals surface area contributed by atoms with Crippen molar-refractivity contribution in [2.45, 2.75) is 23.9 Å². The summed E-state index contributed by atoms with van der Waals surface area (Å²) in [4.78, 5) is 18.3. The van der Waals surface area contributed by atoms with Crippen molar-refractivity contribution >= 4 is 29.3 Å². The van der Waals surface area contributed by atoms with Gasteiger partial charge >= 0.3 is 0 Å². The van der Waals surface area contributed by atoms with Gasteiger partial charge in [0.25, 0.3) is 5.91 Å². The van der Waals surface area contributed by atoms with Crippen LogP contribution in [0.4, 0.5) is 16.0 Å². The Balaban J connectivity index is 1.50. The van der Waals surface area contributed by atoms with Crippen molar-refractivity contribution in [3.05, 3.63) is 107 Å². The minimum atomic E-state index is -0.602. The fraction of sp³-hybridized carbons (Fsp3) is 0.148. The maximum Gasteiger partial charge on any atom is 0.255 e. The van der Waals surface area contributed by atoms with Gasteiger partial charge in [-0.1, -0.05) is 66.4 Å². The number of thioether (sulfide) groups is 1. The van der Waals surface area contributed by atoms with E-state index in [4.69, 9.17) is 9.84 Å². The molecule has 36 heavy (non-hydrogen) atoms. The van der Waals surface area contributed by atoms with Gasteiger partial charge < -0.3 is 15.4 Å². The lowest BCUT2D eigenvalue weighted by atomic mass is 9.95. The minimum Gasteiger partial charge on any atom is -0.495 e. The SMILES string of the molecule is COc1ccccc1NC(=O)C1=C(C)Nc2nc(SCc3ccccc3)nn2[C@@H]1c1ccc(F)cc1. The van der Waals surface area contributed by atoms with Crippen molar-refractivity contribution in [1.82, 2.24) is 14.8 Å². The van der Waals surface area contributed by atoms with Gasteiger partial charge in [0.05, 0.1) is 18.4 Å². The van der Waals surface area contributed by atoms with Gasteiger partial charge in [-0.25, -0.2) is 9.07 Å². The number of methoxy groups -OCH3 is 1. The van der Waals surface area contributed by atoms with Gasteiger partial charge in [0.15, 0.2) is 0 Å². The van der Waals surface area contributed by atoms with Crippen molar-refractivity contribution in [2.24, 2.45) is 0 Å². The summed E-state index contributed by atoms with van der Waals surface area (Å²) in [6, 6.07) is 22.8. The average molecular weight is 502 g/mol. The van der Waals surface area contributed by atoms with Gasteiger partial charge in [-0.15, -0.1) is 5.10 Å². The molecule has 5 rings (SSSR count). The number of benzene rings is 3. The second-order valence-electron chi connectivity index (χ2n) is 8.21. The zero-order chi connectivity index (χ0) is 25.1. The molecule has 0 bridgehead atoms. The number of aromatic nitrogens is 3. The van der Waals surface area contributed by atoms with Crippen LogP contribution < -0.4 is 15.4 Å². The average Bonchev–Trinajstić information content (AvgIpc) is 3.30. The summed E-state index contributed by atoms with van der Waals surface area (Å²) in [5.41, 5.74) is 3.50. The third kappa shape index (κ3) is 4.83. The minimum absolute atomic E-state index is 0.321. The Morgan fingerprint density at radius 1 is 1.08 bits per heavy atom. The molecule has 0 saturated carbocycles. The molecule has 0 radical (unpaired) electrons. The number of allylic oxidation sites excluding steroid dienone is 1. The largest absolute Gasteiger partial charge is 0.495 e. The number of rotatable bonds is 7. The molecular weight excluding hydrogens is 477 g/mol. The Bertz CT molecular complexity index is 1420. The van der Waals surface area contributed by atoms with Crippen molar-refractivity contribution in [1.29, 1.82) is 0 Å². The van der Waals surface area contributed by atoms with E-state index >= 15 is 0 Å². The first kappa shape index (κ1) is 23.6. The normalized spacial score (nSPS) is 14.7. The third-order valence-corrected chi connectivity index (χ3v) is 6.74. The van der Waals surface area contributed by atoms with Crippen LogP contribution in [0.3, 0.4) is 0 Å². The summed E-state index contributed by atoms with van der Waals surface area (Å²) in [5, 5.41) is 11.5. The van der Waals surface area contributed by atoms with E-state index in [0.29, 0.717) is 45.1 Å². The molecule has 0 aliphatic carbocycles. The second kappa shape index (κ2) is 10.2. The van der Waals surface area contributed by atoms with Crippen LogP contribution in [0.5, 0.6) is 5.75 Å². The zero-order valence-corrected chi connectivity index (χ0v) is 20.6. The quantitative estimate of drug-likeness (QED) is 0.319. The molecule has 0 fully saturated rings. The van der Waals surface area contributed by atoms with Crippen LogP contribution in [-0.4, -0.2) is 27.8 Å². The van der Waals surface area contributed by atoms with Crippen LogP contribution in [0.2, 0.25) is 0 Å². The first-order chi connectivity index (χ1) is 17.5. The number of anilines is 2. The van der Waals surface area contributed by atoms with Gasteiger partial charge in [-0.05, 0) is 42.3 Å². The highest BCUT2D eigenvalue weighted by Gasteiger charge is 2.34. The summed E-state index contributed by atoms with van der Waals surface area (Å²) in [6.45, 7) is 1.82. The van der Waals surface area contributed by atoms with Crippen LogP contribution in [0.15, 0.2) is 95.3 Å². The lowest BCUT2D eigenvalue weighted by Gasteiger charge is -2.28. The Kier molecular flexibility index (Phi) is 6.73. The topological polar surface area (TPSA) is 81.1 Å². The van der Waals surface area contributed by atoms with Gasteiger partial charge in [0, 0.05) is 11.4 Å². The van der Waals surface area contributed by atoms with Gasteiger partial charge in [0.2, 0.25) is 11.1 Å². The summed E-state index contributed by atoms with van der Waals surface area (Å²) >= 11 is 1.51. The Morgan fingerprint density at radius 2 is 1.81 bits per heavy atom. The summed E-state index contributed by atoms with van der Waals surface area (Å²) in [7, 11) is 1.55. The van der Waals surface area contributed by atoms with Gasteiger partial charge in [-0.3, -0.25) is 4.79 Å². The van der Waals surface area contributed by atoms with E-state index < -0.39 is 6.04 Å². The number of fused-ring (bicyclic) bond motifs is 1. The zero-order valence-electron chi connectivity index (χ0n) is 19.7. The molecular formula is C27H24FN5O2S. The molecule has 4 aromatic rings. The number of hydrogen-bond acceptors (Lipinski definition) is 6. The summed E-state index contributed by atoms with van der Waals surface area (Å²) < 4.78 is 20.8. The van der Waals surface area contributed by atoms with Crippen LogP contribution in [0.25, 0.3) is 0 Å². The number of para-hydroxylation sites is 2. The smallest absolute Gasteiger partial charge is 0.255 e. The molecule has 0 spiro atoms. The highest BCUT2D eigenvalue weighted by Crippen LogP contribution is 2.37. The predicted octanol–water partition coefficient (Wildman–Crippen LogP) is 5.65. The molecule has 2 N–H and O–H groups in total. The van der Waals surface area contributed by atoms with E-state index in [1.807, 2.05) is 37.3 Å². The molecule has 1 aliphatic rings. The molecule has 7 nitrogen and oxygen atoms in total. The first-order valence-electron chi connectivity index (χ1n) is 11.3. The Morgan fingerprint density at radius 3 is 2.56 bits per heavy atom. The van der Waals surface area contributed by atoms with E-state index in [-0.39, 0.29) is 11.7 Å². The molecule has 3 aromatic carbocycles. The van der Waals surface area contributed by atoms with E-state index in [2.05, 4.69) is 27.8 Å². The van der Waals surface area contributed by atoms with Crippen molar-refractivity contribution in [3.63, 3.8) is 0 Å². The van der Waals surface area contributed by atoms with Gasteiger partial charge in [-0.2, -0.15) is 4.98 Å². The van der Waals surface area contributed by atoms with Crippen LogP contribution in [0.1, 0.15) is 24.1 Å². The van der Waals surface area contributed by atoms with Crippen LogP contribution in [-0.2, 0) is 10.5 Å². The molecule has 9 heteroatoms. The van der Waals surface area contributed by atoms with E-state index in [9.17, 15) is 9.18 Å². The molecule has 1 aromatic heterocycles. The van der Waals surface area contributed by atoms with Crippen LogP contribution in [0, 0.1) is 5.82 Å². The number of nitrogens with zero attached hydrogens (tertiary/aromatic N) is 3. The first-order valence-corrected chi connectivity index (χ1v) is 12.3. The van der Waals surface area contributed by atoms with Crippen molar-refractivity contribution < 1.29 is 13.9 Å². The number of ether oxygens (including phenoxy) is 1. The van der Waals surface area contributed by atoms with Crippen LogP contribution >= 0.6 is 11.8 Å². The number of halogens is 1. The molecule has 1 aliphatic heterocycles. The van der Waals surface area contributed by atoms with E-state index in [1.165, 1.54) is 23.9 Å². The lowest BCUT2D eigenvalue weighted by molar-refractivity contribution is -0.113. The standard InChI is InChI=1S/C27H24FN5O2S/c1-17-23(25(34)30-21-10-6-7-11-22(21)35-2)24(19-12-14-20(28)15-13-19)33-26(29-17)31-27(32-33)36-16-18-8-4-3-5-9-18/h3-15,24H,16H2,1-2H3,(H,30,34)(H,29,31,32)/t24-/m1/s1. The van der Waals surface area contributed by atoms with E-state index in [1.54, 1.807) is 36.1 Å². The molecule has 0 unspecified atom stereocenters. The number of carbonyl (C=O) groups excluding carboxylic acids is 1. The number of hydrogen-bond donors (Lipinski definition) is 2. The molecule has 1 atom stereocenters. The number of carbonyl (C=O) groups is 1. The fourth-order valence-electron chi connectivity index (χ4n) is 4.10. The maximum absolute atomic E-state index is 13.8. The second-order valence-corrected chi connectivity index (χ2v) is 9.15. The molecule has 182 valence electrons. The summed E-state index contributed by atoms with van der Waals surface area (Å²) in [6.07, 6.45) is 0. The summed E-state index contributed by atoms with van der Waals surface area (Å²) in [5.74, 6) is 1.10. The van der Waals surface area contributed by atoms with Crippen molar-refractivity contribution in [2.75, 3.05) is 17.7 Å².